The monoisotopic (exact) mass is 323 g/mol. The second-order valence-electron chi connectivity index (χ2n) is 4.66. The summed E-state index contributed by atoms with van der Waals surface area (Å²) < 4.78 is 37.8. The lowest BCUT2D eigenvalue weighted by atomic mass is 10.1. The van der Waals surface area contributed by atoms with Crippen molar-refractivity contribution in [1.29, 1.82) is 0 Å². The Kier molecular flexibility index (Phi) is 4.95. The summed E-state index contributed by atoms with van der Waals surface area (Å²) in [6.45, 7) is 0. The number of nitrogens with zero attached hydrogens (tertiary/aromatic N) is 2. The van der Waals surface area contributed by atoms with Gasteiger partial charge in [-0.3, -0.25) is 4.79 Å². The Bertz CT molecular complexity index is 713. The minimum Gasteiger partial charge on any atom is -0.619 e. The van der Waals surface area contributed by atoms with Gasteiger partial charge in [-0.2, -0.15) is 23.0 Å². The predicted molar refractivity (Wildman–Crippen MR) is 76.3 cm³/mol. The third kappa shape index (κ3) is 5.10. The molecule has 0 radical (unpaired) electrons. The molecule has 120 valence electrons. The van der Waals surface area contributed by atoms with Crippen molar-refractivity contribution in [2.24, 2.45) is 5.10 Å². The number of amides is 1. The van der Waals surface area contributed by atoms with Gasteiger partial charge in [0.1, 0.15) is 0 Å². The highest BCUT2D eigenvalue weighted by Crippen LogP contribution is 2.28. The zero-order valence-electron chi connectivity index (χ0n) is 11.7. The standard InChI is InChI=1S/C15H12F3N3O2/c16-15(17,18)13-5-3-11(4-6-13)9-19-20-14(22)8-12-2-1-7-21(23)10-12/h1-7,9-10H,8H2,(H,20,22). The van der Waals surface area contributed by atoms with Crippen molar-refractivity contribution in [2.45, 2.75) is 12.6 Å². The van der Waals surface area contributed by atoms with E-state index in [1.165, 1.54) is 36.8 Å². The molecule has 1 amide bonds. The van der Waals surface area contributed by atoms with E-state index >= 15 is 0 Å². The van der Waals surface area contributed by atoms with Crippen molar-refractivity contribution in [1.82, 2.24) is 5.43 Å². The number of nitrogens with one attached hydrogen (secondary N) is 1. The second kappa shape index (κ2) is 6.91. The fourth-order valence-electron chi connectivity index (χ4n) is 1.77. The molecule has 1 aromatic carbocycles. The van der Waals surface area contributed by atoms with Gasteiger partial charge >= 0.3 is 6.18 Å². The van der Waals surface area contributed by atoms with Crippen LogP contribution in [0.3, 0.4) is 0 Å². The number of hydrogen-bond acceptors (Lipinski definition) is 3. The van der Waals surface area contributed by atoms with Crippen LogP contribution in [0.15, 0.2) is 53.9 Å². The van der Waals surface area contributed by atoms with Crippen LogP contribution in [0.5, 0.6) is 0 Å². The molecule has 0 saturated carbocycles. The van der Waals surface area contributed by atoms with Gasteiger partial charge in [0.2, 0.25) is 5.91 Å². The summed E-state index contributed by atoms with van der Waals surface area (Å²) in [5, 5.41) is 14.7. The Morgan fingerprint density at radius 1 is 1.26 bits per heavy atom. The topological polar surface area (TPSA) is 68.4 Å². The van der Waals surface area contributed by atoms with Crippen LogP contribution in [0, 0.1) is 5.21 Å². The number of halogens is 3. The van der Waals surface area contributed by atoms with E-state index in [0.717, 1.165) is 12.1 Å². The number of pyridine rings is 1. The maximum absolute atomic E-state index is 12.4. The summed E-state index contributed by atoms with van der Waals surface area (Å²) in [6, 6.07) is 7.49. The normalized spacial score (nSPS) is 11.6. The van der Waals surface area contributed by atoms with Crippen LogP contribution in [0.25, 0.3) is 0 Å². The number of hydrogen-bond donors (Lipinski definition) is 1. The lowest BCUT2D eigenvalue weighted by Gasteiger charge is -2.05. The number of hydrazone groups is 1. The summed E-state index contributed by atoms with van der Waals surface area (Å²) in [5.41, 5.74) is 2.42. The summed E-state index contributed by atoms with van der Waals surface area (Å²) >= 11 is 0. The van der Waals surface area contributed by atoms with E-state index in [9.17, 15) is 23.2 Å². The molecule has 0 saturated heterocycles. The van der Waals surface area contributed by atoms with Crippen molar-refractivity contribution in [3.8, 4) is 0 Å². The van der Waals surface area contributed by atoms with Crippen molar-refractivity contribution in [2.75, 3.05) is 0 Å². The van der Waals surface area contributed by atoms with Gasteiger partial charge in [-0.25, -0.2) is 5.43 Å². The van der Waals surface area contributed by atoms with Gasteiger partial charge in [-0.05, 0) is 23.8 Å². The molecule has 0 aliphatic heterocycles. The predicted octanol–water partition coefficient (Wildman–Crippen LogP) is 2.03. The van der Waals surface area contributed by atoms with Crippen LogP contribution < -0.4 is 10.2 Å². The van der Waals surface area contributed by atoms with E-state index in [1.54, 1.807) is 6.07 Å². The Morgan fingerprint density at radius 3 is 2.57 bits per heavy atom. The zero-order valence-corrected chi connectivity index (χ0v) is 11.7. The van der Waals surface area contributed by atoms with E-state index in [4.69, 9.17) is 0 Å². The van der Waals surface area contributed by atoms with Crippen LogP contribution in [-0.4, -0.2) is 12.1 Å². The number of aromatic nitrogens is 1. The molecule has 2 rings (SSSR count). The van der Waals surface area contributed by atoms with Crippen LogP contribution in [-0.2, 0) is 17.4 Å². The molecule has 0 bridgehead atoms. The van der Waals surface area contributed by atoms with Crippen LogP contribution in [0.1, 0.15) is 16.7 Å². The Hall–Kier alpha value is -2.90. The molecule has 8 heteroatoms. The molecule has 2 aromatic rings. The van der Waals surface area contributed by atoms with Crippen molar-refractivity contribution >= 4 is 12.1 Å². The third-order valence-electron chi connectivity index (χ3n) is 2.84. The maximum Gasteiger partial charge on any atom is 0.416 e. The summed E-state index contributed by atoms with van der Waals surface area (Å²) in [4.78, 5) is 11.6. The van der Waals surface area contributed by atoms with E-state index < -0.39 is 17.6 Å². The molecule has 0 spiro atoms. The van der Waals surface area contributed by atoms with Crippen LogP contribution in [0.4, 0.5) is 13.2 Å². The van der Waals surface area contributed by atoms with Gasteiger partial charge in [-0.1, -0.05) is 12.1 Å². The SMILES string of the molecule is O=C(Cc1ccc[n+]([O-])c1)NN=Cc1ccc(C(F)(F)F)cc1. The van der Waals surface area contributed by atoms with Gasteiger partial charge in [0.05, 0.1) is 18.2 Å². The Morgan fingerprint density at radius 2 is 1.96 bits per heavy atom. The molecular weight excluding hydrogens is 311 g/mol. The van der Waals surface area contributed by atoms with Gasteiger partial charge in [0.25, 0.3) is 0 Å². The highest BCUT2D eigenvalue weighted by atomic mass is 19.4. The highest BCUT2D eigenvalue weighted by molar-refractivity contribution is 5.83. The Balaban J connectivity index is 1.90. The highest BCUT2D eigenvalue weighted by Gasteiger charge is 2.29. The summed E-state index contributed by atoms with van der Waals surface area (Å²) in [6.07, 6.45) is -0.633. The number of carbonyl (C=O) groups is 1. The fraction of sp³-hybridized carbons (Fsp3) is 0.133. The lowest BCUT2D eigenvalue weighted by Crippen LogP contribution is -2.27. The first kappa shape index (κ1) is 16.5. The molecular formula is C15H12F3N3O2. The van der Waals surface area contributed by atoms with Gasteiger partial charge in [0.15, 0.2) is 12.4 Å². The molecule has 1 heterocycles. The largest absolute Gasteiger partial charge is 0.619 e. The van der Waals surface area contributed by atoms with Crippen LogP contribution in [0.2, 0.25) is 0 Å². The van der Waals surface area contributed by atoms with E-state index in [1.807, 2.05) is 0 Å². The average Bonchev–Trinajstić information content (AvgIpc) is 2.47. The van der Waals surface area contributed by atoms with E-state index in [0.29, 0.717) is 15.9 Å². The van der Waals surface area contributed by atoms with Crippen molar-refractivity contribution in [3.05, 3.63) is 70.7 Å². The number of carbonyl (C=O) groups excluding carboxylic acids is 1. The molecule has 1 N–H and O–H groups in total. The first-order valence-electron chi connectivity index (χ1n) is 6.51. The fourth-order valence-corrected chi connectivity index (χ4v) is 1.77. The molecule has 5 nitrogen and oxygen atoms in total. The number of rotatable bonds is 4. The lowest BCUT2D eigenvalue weighted by molar-refractivity contribution is -0.605. The summed E-state index contributed by atoms with van der Waals surface area (Å²) in [7, 11) is 0. The van der Waals surface area contributed by atoms with E-state index in [2.05, 4.69) is 10.5 Å². The number of benzene rings is 1. The van der Waals surface area contributed by atoms with Gasteiger partial charge in [0, 0.05) is 11.6 Å². The molecule has 0 atom stereocenters. The molecule has 0 aliphatic carbocycles. The zero-order chi connectivity index (χ0) is 16.9. The summed E-state index contributed by atoms with van der Waals surface area (Å²) in [5.74, 6) is -0.445. The van der Waals surface area contributed by atoms with Crippen molar-refractivity contribution < 1.29 is 22.7 Å². The van der Waals surface area contributed by atoms with Gasteiger partial charge < -0.3 is 5.21 Å². The minimum atomic E-state index is -4.39. The first-order valence-corrected chi connectivity index (χ1v) is 6.51. The number of alkyl halides is 3. The molecule has 0 unspecified atom stereocenters. The Labute approximate surface area is 129 Å². The van der Waals surface area contributed by atoms with E-state index in [-0.39, 0.29) is 6.42 Å². The molecule has 0 fully saturated rings. The third-order valence-corrected chi connectivity index (χ3v) is 2.84. The second-order valence-corrected chi connectivity index (χ2v) is 4.66. The average molecular weight is 323 g/mol. The smallest absolute Gasteiger partial charge is 0.416 e. The minimum absolute atomic E-state index is 0.0343. The molecule has 0 aliphatic rings. The van der Waals surface area contributed by atoms with Gasteiger partial charge in [-0.15, -0.1) is 0 Å². The molecule has 23 heavy (non-hydrogen) atoms. The van der Waals surface area contributed by atoms with Crippen LogP contribution >= 0.6 is 0 Å². The maximum atomic E-state index is 12.4. The quantitative estimate of drug-likeness (QED) is 0.405. The van der Waals surface area contributed by atoms with Crippen molar-refractivity contribution in [3.63, 3.8) is 0 Å². The molecule has 1 aromatic heterocycles. The first-order chi connectivity index (χ1) is 10.8.